The van der Waals surface area contributed by atoms with Crippen molar-refractivity contribution in [3.8, 4) is 0 Å². The lowest BCUT2D eigenvalue weighted by Crippen LogP contribution is -2.04. The van der Waals surface area contributed by atoms with E-state index in [1.165, 1.54) is 51.4 Å². The van der Waals surface area contributed by atoms with Crippen LogP contribution in [0.5, 0.6) is 0 Å². The predicted octanol–water partition coefficient (Wildman–Crippen LogP) is 5.18. The van der Waals surface area contributed by atoms with Crippen LogP contribution in [0.15, 0.2) is 30.6 Å². The first kappa shape index (κ1) is 15.7. The van der Waals surface area contributed by atoms with Crippen molar-refractivity contribution < 1.29 is 0 Å². The van der Waals surface area contributed by atoms with Crippen molar-refractivity contribution in [1.29, 1.82) is 0 Å². The van der Waals surface area contributed by atoms with Crippen molar-refractivity contribution >= 4 is 16.7 Å². The molecular formula is C18H27N3. The second kappa shape index (κ2) is 9.32. The summed E-state index contributed by atoms with van der Waals surface area (Å²) in [6, 6.07) is 8.15. The van der Waals surface area contributed by atoms with Crippen LogP contribution in [0.4, 0.5) is 5.82 Å². The quantitative estimate of drug-likeness (QED) is 0.611. The summed E-state index contributed by atoms with van der Waals surface area (Å²) in [5.74, 6) is 0.962. The monoisotopic (exact) mass is 285 g/mol. The van der Waals surface area contributed by atoms with Gasteiger partial charge in [0.1, 0.15) is 12.1 Å². The number of nitrogens with one attached hydrogen (secondary N) is 1. The lowest BCUT2D eigenvalue weighted by atomic mass is 10.1. The minimum absolute atomic E-state index is 0.962. The van der Waals surface area contributed by atoms with Crippen molar-refractivity contribution in [3.05, 3.63) is 30.6 Å². The zero-order chi connectivity index (χ0) is 14.8. The molecule has 3 nitrogen and oxygen atoms in total. The second-order valence-electron chi connectivity index (χ2n) is 5.64. The number of hydrogen-bond acceptors (Lipinski definition) is 3. The average Bonchev–Trinajstić information content (AvgIpc) is 2.53. The summed E-state index contributed by atoms with van der Waals surface area (Å²) in [5.41, 5.74) is 1.01. The first-order valence-electron chi connectivity index (χ1n) is 8.35. The number of anilines is 1. The number of unbranched alkanes of at least 4 members (excludes halogenated alkanes) is 7. The van der Waals surface area contributed by atoms with Gasteiger partial charge in [-0.05, 0) is 18.6 Å². The molecule has 1 aromatic heterocycles. The summed E-state index contributed by atoms with van der Waals surface area (Å²) in [6.07, 6.45) is 12.4. The molecule has 21 heavy (non-hydrogen) atoms. The average molecular weight is 285 g/mol. The van der Waals surface area contributed by atoms with E-state index in [-0.39, 0.29) is 0 Å². The first-order valence-corrected chi connectivity index (χ1v) is 8.35. The van der Waals surface area contributed by atoms with Gasteiger partial charge in [-0.1, -0.05) is 64.0 Å². The molecule has 0 saturated carbocycles. The highest BCUT2D eigenvalue weighted by molar-refractivity contribution is 5.88. The molecule has 0 fully saturated rings. The van der Waals surface area contributed by atoms with E-state index >= 15 is 0 Å². The van der Waals surface area contributed by atoms with Gasteiger partial charge in [0.25, 0.3) is 0 Å². The third kappa shape index (κ3) is 5.33. The highest BCUT2D eigenvalue weighted by Crippen LogP contribution is 2.18. The van der Waals surface area contributed by atoms with E-state index in [0.717, 1.165) is 23.3 Å². The van der Waals surface area contributed by atoms with Gasteiger partial charge >= 0.3 is 0 Å². The van der Waals surface area contributed by atoms with Crippen molar-refractivity contribution in [2.75, 3.05) is 11.9 Å². The zero-order valence-corrected chi connectivity index (χ0v) is 13.1. The first-order chi connectivity index (χ1) is 10.4. The molecule has 0 aliphatic heterocycles. The molecule has 0 aliphatic carbocycles. The fourth-order valence-corrected chi connectivity index (χ4v) is 2.61. The van der Waals surface area contributed by atoms with Gasteiger partial charge in [0.15, 0.2) is 0 Å². The molecule has 0 spiro atoms. The number of rotatable bonds is 10. The standard InChI is InChI=1S/C18H27N3/c1-2-3-4-5-6-7-8-11-14-19-18-16-12-9-10-13-17(16)20-15-21-18/h9-10,12-13,15H,2-8,11,14H2,1H3,(H,19,20,21). The molecule has 114 valence electrons. The maximum Gasteiger partial charge on any atom is 0.137 e. The van der Waals surface area contributed by atoms with Crippen molar-refractivity contribution in [1.82, 2.24) is 9.97 Å². The number of para-hydroxylation sites is 1. The molecule has 0 atom stereocenters. The molecule has 1 heterocycles. The van der Waals surface area contributed by atoms with E-state index in [9.17, 15) is 0 Å². The minimum Gasteiger partial charge on any atom is -0.369 e. The summed E-state index contributed by atoms with van der Waals surface area (Å²) >= 11 is 0. The third-order valence-corrected chi connectivity index (χ3v) is 3.87. The lowest BCUT2D eigenvalue weighted by molar-refractivity contribution is 0.581. The molecular weight excluding hydrogens is 258 g/mol. The number of aromatic nitrogens is 2. The van der Waals surface area contributed by atoms with E-state index in [1.807, 2.05) is 18.2 Å². The summed E-state index contributed by atoms with van der Waals surface area (Å²) < 4.78 is 0. The summed E-state index contributed by atoms with van der Waals surface area (Å²) in [7, 11) is 0. The van der Waals surface area contributed by atoms with E-state index in [4.69, 9.17) is 0 Å². The topological polar surface area (TPSA) is 37.8 Å². The van der Waals surface area contributed by atoms with Gasteiger partial charge in [-0.2, -0.15) is 0 Å². The second-order valence-corrected chi connectivity index (χ2v) is 5.64. The maximum absolute atomic E-state index is 4.35. The Hall–Kier alpha value is -1.64. The van der Waals surface area contributed by atoms with Gasteiger partial charge in [0, 0.05) is 11.9 Å². The minimum atomic E-state index is 0.962. The van der Waals surface area contributed by atoms with Crippen LogP contribution in [0.25, 0.3) is 10.9 Å². The van der Waals surface area contributed by atoms with Crippen LogP contribution >= 0.6 is 0 Å². The lowest BCUT2D eigenvalue weighted by Gasteiger charge is -2.08. The smallest absolute Gasteiger partial charge is 0.137 e. The Labute approximate surface area is 128 Å². The Balaban J connectivity index is 1.64. The molecule has 2 aromatic rings. The molecule has 0 bridgehead atoms. The number of fused-ring (bicyclic) bond motifs is 1. The fourth-order valence-electron chi connectivity index (χ4n) is 2.61. The van der Waals surface area contributed by atoms with E-state index in [0.29, 0.717) is 0 Å². The molecule has 0 radical (unpaired) electrons. The molecule has 1 N–H and O–H groups in total. The van der Waals surface area contributed by atoms with Crippen molar-refractivity contribution in [3.63, 3.8) is 0 Å². The zero-order valence-electron chi connectivity index (χ0n) is 13.1. The van der Waals surface area contributed by atoms with Gasteiger partial charge in [0.2, 0.25) is 0 Å². The van der Waals surface area contributed by atoms with Crippen LogP contribution < -0.4 is 5.32 Å². The van der Waals surface area contributed by atoms with Gasteiger partial charge in [-0.25, -0.2) is 9.97 Å². The Bertz CT molecular complexity index is 519. The molecule has 3 heteroatoms. The Kier molecular flexibility index (Phi) is 6.99. The van der Waals surface area contributed by atoms with E-state index in [1.54, 1.807) is 6.33 Å². The highest BCUT2D eigenvalue weighted by atomic mass is 15.0. The van der Waals surface area contributed by atoms with E-state index < -0.39 is 0 Å². The molecule has 0 saturated heterocycles. The fraction of sp³-hybridized carbons (Fsp3) is 0.556. The Morgan fingerprint density at radius 3 is 2.38 bits per heavy atom. The van der Waals surface area contributed by atoms with Crippen LogP contribution in [-0.4, -0.2) is 16.5 Å². The van der Waals surface area contributed by atoms with Gasteiger partial charge < -0.3 is 5.32 Å². The van der Waals surface area contributed by atoms with E-state index in [2.05, 4.69) is 28.3 Å². The largest absolute Gasteiger partial charge is 0.369 e. The normalized spacial score (nSPS) is 10.9. The third-order valence-electron chi connectivity index (χ3n) is 3.87. The molecule has 0 aliphatic rings. The molecule has 0 unspecified atom stereocenters. The maximum atomic E-state index is 4.35. The van der Waals surface area contributed by atoms with Crippen molar-refractivity contribution in [2.45, 2.75) is 58.3 Å². The Morgan fingerprint density at radius 2 is 1.57 bits per heavy atom. The van der Waals surface area contributed by atoms with Crippen LogP contribution in [0.3, 0.4) is 0 Å². The number of hydrogen-bond donors (Lipinski definition) is 1. The van der Waals surface area contributed by atoms with Gasteiger partial charge in [0.05, 0.1) is 5.52 Å². The predicted molar refractivity (Wildman–Crippen MR) is 90.6 cm³/mol. The van der Waals surface area contributed by atoms with Crippen molar-refractivity contribution in [2.24, 2.45) is 0 Å². The summed E-state index contributed by atoms with van der Waals surface area (Å²) in [4.78, 5) is 8.64. The van der Waals surface area contributed by atoms with Crippen LogP contribution in [0.2, 0.25) is 0 Å². The van der Waals surface area contributed by atoms with Gasteiger partial charge in [-0.15, -0.1) is 0 Å². The Morgan fingerprint density at radius 1 is 0.857 bits per heavy atom. The van der Waals surface area contributed by atoms with Crippen LogP contribution in [-0.2, 0) is 0 Å². The van der Waals surface area contributed by atoms with Crippen LogP contribution in [0.1, 0.15) is 58.3 Å². The number of nitrogens with zero attached hydrogens (tertiary/aromatic N) is 2. The SMILES string of the molecule is CCCCCCCCCCNc1ncnc2ccccc12. The molecule has 0 amide bonds. The van der Waals surface area contributed by atoms with Gasteiger partial charge in [-0.3, -0.25) is 0 Å². The molecule has 1 aromatic carbocycles. The van der Waals surface area contributed by atoms with Crippen LogP contribution in [0, 0.1) is 0 Å². The summed E-state index contributed by atoms with van der Waals surface area (Å²) in [6.45, 7) is 3.26. The highest BCUT2D eigenvalue weighted by Gasteiger charge is 2.01. The molecule has 2 rings (SSSR count). The summed E-state index contributed by atoms with van der Waals surface area (Å²) in [5, 5.41) is 4.56. The number of benzene rings is 1.